The highest BCUT2D eigenvalue weighted by molar-refractivity contribution is 5.85. The van der Waals surface area contributed by atoms with Crippen LogP contribution in [0.5, 0.6) is 0 Å². The molecule has 2 unspecified atom stereocenters. The molecule has 2 aliphatic heterocycles. The van der Waals surface area contributed by atoms with E-state index in [9.17, 15) is 4.79 Å². The van der Waals surface area contributed by atoms with E-state index in [-0.39, 0.29) is 36.8 Å². The summed E-state index contributed by atoms with van der Waals surface area (Å²) < 4.78 is 0. The normalized spacial score (nSPS) is 26.8. The largest absolute Gasteiger partial charge is 0.372 e. The molecule has 1 N–H and O–H groups in total. The van der Waals surface area contributed by atoms with Gasteiger partial charge in [-0.15, -0.1) is 24.8 Å². The molecule has 1 spiro atoms. The number of likely N-dealkylation sites (N-methyl/N-ethyl adjacent to an activating group) is 1. The number of benzene rings is 1. The molecule has 4 nitrogen and oxygen atoms in total. The van der Waals surface area contributed by atoms with Gasteiger partial charge in [0.15, 0.2) is 0 Å². The molecule has 6 heteroatoms. The van der Waals surface area contributed by atoms with Gasteiger partial charge in [0.05, 0.1) is 0 Å². The van der Waals surface area contributed by atoms with Crippen molar-refractivity contribution in [2.45, 2.75) is 38.8 Å². The lowest BCUT2D eigenvalue weighted by Crippen LogP contribution is -2.44. The Morgan fingerprint density at radius 1 is 1.20 bits per heavy atom. The number of carbonyl (C=O) groups excluding carboxylic acids is 1. The van der Waals surface area contributed by atoms with Gasteiger partial charge in [-0.3, -0.25) is 4.79 Å². The van der Waals surface area contributed by atoms with Crippen LogP contribution < -0.4 is 10.2 Å². The molecule has 3 aliphatic rings. The van der Waals surface area contributed by atoms with Crippen molar-refractivity contribution in [2.24, 2.45) is 11.3 Å². The van der Waals surface area contributed by atoms with E-state index in [2.05, 4.69) is 53.4 Å². The number of nitrogens with zero attached hydrogens (tertiary/aromatic N) is 2. The van der Waals surface area contributed by atoms with Gasteiger partial charge in [-0.25, -0.2) is 0 Å². The van der Waals surface area contributed by atoms with Crippen LogP contribution in [0.1, 0.15) is 31.7 Å². The molecule has 1 aromatic rings. The molecule has 1 saturated carbocycles. The lowest BCUT2D eigenvalue weighted by Gasteiger charge is -2.30. The van der Waals surface area contributed by atoms with Gasteiger partial charge in [0.1, 0.15) is 0 Å². The first-order valence-corrected chi connectivity index (χ1v) is 8.91. The van der Waals surface area contributed by atoms with E-state index in [0.717, 1.165) is 32.6 Å². The summed E-state index contributed by atoms with van der Waals surface area (Å²) in [7, 11) is 2.13. The van der Waals surface area contributed by atoms with E-state index in [1.54, 1.807) is 0 Å². The van der Waals surface area contributed by atoms with Crippen LogP contribution in [0.25, 0.3) is 0 Å². The smallest absolute Gasteiger partial charge is 0.226 e. The Balaban J connectivity index is 0.00000113. The fourth-order valence-corrected chi connectivity index (χ4v) is 4.62. The Labute approximate surface area is 163 Å². The molecule has 0 radical (unpaired) electrons. The van der Waals surface area contributed by atoms with Crippen molar-refractivity contribution in [3.05, 3.63) is 29.8 Å². The summed E-state index contributed by atoms with van der Waals surface area (Å²) in [6.07, 6.45) is 3.44. The zero-order chi connectivity index (χ0) is 16.0. The first kappa shape index (κ1) is 20.3. The second-order valence-corrected chi connectivity index (χ2v) is 7.69. The SMILES string of the molecule is CC1CN(C)c2ccccc2CN1C(=O)C1CC12CCNCC2.Cl.Cl. The molecule has 1 saturated heterocycles. The lowest BCUT2D eigenvalue weighted by atomic mass is 9.91. The Morgan fingerprint density at radius 3 is 2.60 bits per heavy atom. The van der Waals surface area contributed by atoms with Gasteiger partial charge in [0.25, 0.3) is 0 Å². The van der Waals surface area contributed by atoms with Crippen molar-refractivity contribution < 1.29 is 4.79 Å². The average molecular weight is 386 g/mol. The standard InChI is InChI=1S/C19H27N3O.2ClH/c1-14-12-21(2)17-6-4-3-5-15(17)13-22(14)18(23)16-11-19(16)7-9-20-10-8-19;;/h3-6,14,16,20H,7-13H2,1-2H3;2*1H. The first-order chi connectivity index (χ1) is 11.1. The van der Waals surface area contributed by atoms with E-state index in [1.165, 1.54) is 24.1 Å². The molecule has 2 fully saturated rings. The maximum Gasteiger partial charge on any atom is 0.226 e. The van der Waals surface area contributed by atoms with E-state index >= 15 is 0 Å². The minimum atomic E-state index is 0. The van der Waals surface area contributed by atoms with E-state index in [1.807, 2.05) is 0 Å². The van der Waals surface area contributed by atoms with Crippen LogP contribution in [0.15, 0.2) is 24.3 Å². The molecule has 2 atom stereocenters. The number of rotatable bonds is 1. The van der Waals surface area contributed by atoms with Gasteiger partial charge >= 0.3 is 0 Å². The van der Waals surface area contributed by atoms with Crippen molar-refractivity contribution >= 4 is 36.4 Å². The zero-order valence-corrected chi connectivity index (χ0v) is 16.7. The number of halogens is 2. The maximum atomic E-state index is 13.2. The average Bonchev–Trinajstić information content (AvgIpc) is 3.27. The number of hydrogen-bond acceptors (Lipinski definition) is 3. The zero-order valence-electron chi connectivity index (χ0n) is 15.0. The molecule has 25 heavy (non-hydrogen) atoms. The number of fused-ring (bicyclic) bond motifs is 1. The summed E-state index contributed by atoms with van der Waals surface area (Å²) in [6.45, 7) is 6.00. The van der Waals surface area contributed by atoms with E-state index < -0.39 is 0 Å². The Bertz CT molecular complexity index is 618. The summed E-state index contributed by atoms with van der Waals surface area (Å²) in [5.41, 5.74) is 2.86. The molecule has 140 valence electrons. The summed E-state index contributed by atoms with van der Waals surface area (Å²) >= 11 is 0. The van der Waals surface area contributed by atoms with Crippen LogP contribution >= 0.6 is 24.8 Å². The van der Waals surface area contributed by atoms with Crippen molar-refractivity contribution in [1.29, 1.82) is 0 Å². The predicted octanol–water partition coefficient (Wildman–Crippen LogP) is 3.09. The number of para-hydroxylation sites is 1. The molecule has 2 heterocycles. The van der Waals surface area contributed by atoms with Gasteiger partial charge in [-0.1, -0.05) is 18.2 Å². The first-order valence-electron chi connectivity index (χ1n) is 8.91. The third kappa shape index (κ3) is 3.62. The van der Waals surface area contributed by atoms with Gasteiger partial charge in [-0.2, -0.15) is 0 Å². The van der Waals surface area contributed by atoms with Crippen LogP contribution in [0, 0.1) is 11.3 Å². The van der Waals surface area contributed by atoms with Crippen LogP contribution in [0.3, 0.4) is 0 Å². The number of amides is 1. The van der Waals surface area contributed by atoms with Crippen molar-refractivity contribution in [3.8, 4) is 0 Å². The van der Waals surface area contributed by atoms with Gasteiger partial charge in [0, 0.05) is 37.8 Å². The molecule has 1 amide bonds. The topological polar surface area (TPSA) is 35.6 Å². The Hall–Kier alpha value is -0.970. The molecule has 1 aliphatic carbocycles. The lowest BCUT2D eigenvalue weighted by molar-refractivity contribution is -0.136. The highest BCUT2D eigenvalue weighted by atomic mass is 35.5. The molecule has 0 aromatic heterocycles. The molecule has 0 bridgehead atoms. The van der Waals surface area contributed by atoms with E-state index in [0.29, 0.717) is 11.3 Å². The number of carbonyl (C=O) groups is 1. The highest BCUT2D eigenvalue weighted by Gasteiger charge is 2.58. The highest BCUT2D eigenvalue weighted by Crippen LogP contribution is 2.59. The quantitative estimate of drug-likeness (QED) is 0.806. The number of anilines is 1. The summed E-state index contributed by atoms with van der Waals surface area (Å²) in [5, 5.41) is 3.43. The van der Waals surface area contributed by atoms with Crippen LogP contribution in [0.2, 0.25) is 0 Å². The molecule has 4 rings (SSSR count). The summed E-state index contributed by atoms with van der Waals surface area (Å²) in [4.78, 5) is 17.6. The second-order valence-electron chi connectivity index (χ2n) is 7.69. The summed E-state index contributed by atoms with van der Waals surface area (Å²) in [6, 6.07) is 8.76. The van der Waals surface area contributed by atoms with Crippen LogP contribution in [0.4, 0.5) is 5.69 Å². The minimum absolute atomic E-state index is 0. The molecular formula is C19H29Cl2N3O. The number of piperidine rings is 1. The van der Waals surface area contributed by atoms with Crippen molar-refractivity contribution in [3.63, 3.8) is 0 Å². The van der Waals surface area contributed by atoms with Gasteiger partial charge in [0.2, 0.25) is 5.91 Å². The predicted molar refractivity (Wildman–Crippen MR) is 107 cm³/mol. The minimum Gasteiger partial charge on any atom is -0.372 e. The van der Waals surface area contributed by atoms with Crippen molar-refractivity contribution in [2.75, 3.05) is 31.6 Å². The van der Waals surface area contributed by atoms with Crippen LogP contribution in [-0.4, -0.2) is 43.5 Å². The molecular weight excluding hydrogens is 357 g/mol. The third-order valence-electron chi connectivity index (χ3n) is 6.18. The number of nitrogens with one attached hydrogen (secondary N) is 1. The fraction of sp³-hybridized carbons (Fsp3) is 0.632. The molecule has 1 aromatic carbocycles. The number of hydrogen-bond donors (Lipinski definition) is 1. The Kier molecular flexibility index (Phi) is 6.29. The van der Waals surface area contributed by atoms with Gasteiger partial charge in [-0.05, 0) is 56.3 Å². The summed E-state index contributed by atoms with van der Waals surface area (Å²) in [5.74, 6) is 0.659. The maximum absolute atomic E-state index is 13.2. The van der Waals surface area contributed by atoms with Gasteiger partial charge < -0.3 is 15.1 Å². The monoisotopic (exact) mass is 385 g/mol. The Morgan fingerprint density at radius 2 is 1.88 bits per heavy atom. The third-order valence-corrected chi connectivity index (χ3v) is 6.18. The van der Waals surface area contributed by atoms with Crippen molar-refractivity contribution in [1.82, 2.24) is 10.2 Å². The second kappa shape index (κ2) is 7.73. The fourth-order valence-electron chi connectivity index (χ4n) is 4.62. The van der Waals surface area contributed by atoms with Crippen LogP contribution in [-0.2, 0) is 11.3 Å². The van der Waals surface area contributed by atoms with E-state index in [4.69, 9.17) is 0 Å².